The molecule has 0 N–H and O–H groups in total. The Morgan fingerprint density at radius 1 is 1.27 bits per heavy atom. The fraction of sp³-hybridized carbons (Fsp3) is 0.0667. The molecule has 0 saturated carbocycles. The molecule has 0 atom stereocenters. The Labute approximate surface area is 146 Å². The van der Waals surface area contributed by atoms with Crippen molar-refractivity contribution in [3.05, 3.63) is 51.0 Å². The lowest BCUT2D eigenvalue weighted by Gasteiger charge is -2.03. The SMILES string of the molecule is CN1C(=O)/C(=C\c2ccc(-c3cc(Cl)ccc3Cl)o2)SC1=S. The number of furan rings is 1. The van der Waals surface area contributed by atoms with Gasteiger partial charge in [0.25, 0.3) is 5.91 Å². The predicted octanol–water partition coefficient (Wildman–Crippen LogP) is 5.08. The van der Waals surface area contributed by atoms with Gasteiger partial charge in [0.05, 0.1) is 9.93 Å². The number of carbonyl (C=O) groups is 1. The Bertz CT molecular complexity index is 814. The molecule has 2 heterocycles. The van der Waals surface area contributed by atoms with Crippen LogP contribution in [0.4, 0.5) is 0 Å². The van der Waals surface area contributed by atoms with Crippen molar-refractivity contribution >= 4 is 63.5 Å². The third-order valence-electron chi connectivity index (χ3n) is 3.08. The van der Waals surface area contributed by atoms with Gasteiger partial charge in [0.15, 0.2) is 0 Å². The van der Waals surface area contributed by atoms with E-state index in [1.165, 1.54) is 16.7 Å². The van der Waals surface area contributed by atoms with E-state index in [1.54, 1.807) is 43.5 Å². The maximum Gasteiger partial charge on any atom is 0.266 e. The first-order valence-corrected chi connectivity index (χ1v) is 8.20. The van der Waals surface area contributed by atoms with E-state index in [9.17, 15) is 4.79 Å². The quantitative estimate of drug-likeness (QED) is 0.545. The molecule has 2 aromatic rings. The Morgan fingerprint density at radius 2 is 2.05 bits per heavy atom. The van der Waals surface area contributed by atoms with Gasteiger partial charge in [-0.05, 0) is 30.3 Å². The van der Waals surface area contributed by atoms with Gasteiger partial charge >= 0.3 is 0 Å². The average Bonchev–Trinajstić information content (AvgIpc) is 3.03. The van der Waals surface area contributed by atoms with Crippen molar-refractivity contribution in [2.75, 3.05) is 7.05 Å². The topological polar surface area (TPSA) is 33.5 Å². The lowest BCUT2D eigenvalue weighted by atomic mass is 10.2. The molecule has 1 fully saturated rings. The minimum absolute atomic E-state index is 0.131. The molecule has 1 aromatic heterocycles. The van der Waals surface area contributed by atoms with Crippen molar-refractivity contribution in [2.24, 2.45) is 0 Å². The summed E-state index contributed by atoms with van der Waals surface area (Å²) in [5.41, 5.74) is 0.705. The van der Waals surface area contributed by atoms with E-state index in [-0.39, 0.29) is 5.91 Å². The summed E-state index contributed by atoms with van der Waals surface area (Å²) < 4.78 is 6.27. The van der Waals surface area contributed by atoms with Gasteiger partial charge in [0, 0.05) is 23.7 Å². The van der Waals surface area contributed by atoms with Crippen LogP contribution in [0.15, 0.2) is 39.7 Å². The fourth-order valence-electron chi connectivity index (χ4n) is 1.94. The third kappa shape index (κ3) is 2.94. The summed E-state index contributed by atoms with van der Waals surface area (Å²) in [5, 5.41) is 1.12. The smallest absolute Gasteiger partial charge is 0.266 e. The summed E-state index contributed by atoms with van der Waals surface area (Å²) in [5.74, 6) is 1.01. The second kappa shape index (κ2) is 6.08. The molecule has 0 radical (unpaired) electrons. The summed E-state index contributed by atoms with van der Waals surface area (Å²) >= 11 is 18.5. The Morgan fingerprint density at radius 3 is 2.73 bits per heavy atom. The number of halogens is 2. The minimum atomic E-state index is -0.131. The molecule has 1 aromatic carbocycles. The zero-order chi connectivity index (χ0) is 15.9. The molecule has 3 nitrogen and oxygen atoms in total. The van der Waals surface area contributed by atoms with Crippen LogP contribution in [-0.2, 0) is 4.79 Å². The number of thioether (sulfide) groups is 1. The van der Waals surface area contributed by atoms with E-state index < -0.39 is 0 Å². The molecular weight excluding hydrogens is 361 g/mol. The lowest BCUT2D eigenvalue weighted by Crippen LogP contribution is -2.22. The van der Waals surface area contributed by atoms with Gasteiger partial charge < -0.3 is 4.42 Å². The standard InChI is InChI=1S/C15H9Cl2NO2S2/c1-18-14(19)13(22-15(18)21)7-9-3-5-12(20-9)10-6-8(16)2-4-11(10)17/h2-7H,1H3/b13-7+. The normalized spacial score (nSPS) is 16.9. The van der Waals surface area contributed by atoms with Crippen LogP contribution in [0.3, 0.4) is 0 Å². The summed E-state index contributed by atoms with van der Waals surface area (Å²) in [6.45, 7) is 0. The molecule has 0 aliphatic carbocycles. The number of thiocarbonyl (C=S) groups is 1. The minimum Gasteiger partial charge on any atom is -0.457 e. The van der Waals surface area contributed by atoms with Crippen molar-refractivity contribution < 1.29 is 9.21 Å². The molecule has 1 amide bonds. The highest BCUT2D eigenvalue weighted by atomic mass is 35.5. The van der Waals surface area contributed by atoms with Gasteiger partial charge in [-0.15, -0.1) is 0 Å². The van der Waals surface area contributed by atoms with Gasteiger partial charge in [0.1, 0.15) is 15.8 Å². The molecule has 1 saturated heterocycles. The molecule has 3 rings (SSSR count). The van der Waals surface area contributed by atoms with Crippen LogP contribution >= 0.6 is 47.2 Å². The van der Waals surface area contributed by atoms with Crippen LogP contribution < -0.4 is 0 Å². The van der Waals surface area contributed by atoms with E-state index in [4.69, 9.17) is 39.8 Å². The third-order valence-corrected chi connectivity index (χ3v) is 5.13. The number of benzene rings is 1. The summed E-state index contributed by atoms with van der Waals surface area (Å²) in [7, 11) is 1.65. The van der Waals surface area contributed by atoms with Crippen molar-refractivity contribution in [2.45, 2.75) is 0 Å². The van der Waals surface area contributed by atoms with Crippen LogP contribution in [0.25, 0.3) is 17.4 Å². The van der Waals surface area contributed by atoms with Crippen molar-refractivity contribution in [3.63, 3.8) is 0 Å². The monoisotopic (exact) mass is 369 g/mol. The zero-order valence-corrected chi connectivity index (χ0v) is 14.4. The van der Waals surface area contributed by atoms with E-state index in [1.807, 2.05) is 0 Å². The number of rotatable bonds is 2. The van der Waals surface area contributed by atoms with Gasteiger partial charge in [-0.25, -0.2) is 0 Å². The first-order chi connectivity index (χ1) is 10.5. The molecule has 1 aliphatic rings. The second-order valence-electron chi connectivity index (χ2n) is 4.57. The summed E-state index contributed by atoms with van der Waals surface area (Å²) in [4.78, 5) is 13.9. The van der Waals surface area contributed by atoms with Gasteiger partial charge in [-0.3, -0.25) is 9.69 Å². The lowest BCUT2D eigenvalue weighted by molar-refractivity contribution is -0.121. The first kappa shape index (κ1) is 15.6. The number of hydrogen-bond acceptors (Lipinski definition) is 4. The zero-order valence-electron chi connectivity index (χ0n) is 11.3. The number of nitrogens with zero attached hydrogens (tertiary/aromatic N) is 1. The number of hydrogen-bond donors (Lipinski definition) is 0. The fourth-order valence-corrected chi connectivity index (χ4v) is 3.48. The number of likely N-dealkylation sites (N-methyl/N-ethyl adjacent to an activating group) is 1. The Kier molecular flexibility index (Phi) is 4.32. The maximum atomic E-state index is 12.0. The molecule has 22 heavy (non-hydrogen) atoms. The van der Waals surface area contributed by atoms with Gasteiger partial charge in [-0.2, -0.15) is 0 Å². The molecular formula is C15H9Cl2NO2S2. The molecule has 0 unspecified atom stereocenters. The second-order valence-corrected chi connectivity index (χ2v) is 7.09. The summed E-state index contributed by atoms with van der Waals surface area (Å²) in [6.07, 6.45) is 1.67. The highest BCUT2D eigenvalue weighted by Gasteiger charge is 2.29. The van der Waals surface area contributed by atoms with Crippen molar-refractivity contribution in [1.29, 1.82) is 0 Å². The van der Waals surface area contributed by atoms with Crippen LogP contribution in [-0.4, -0.2) is 22.2 Å². The highest BCUT2D eigenvalue weighted by molar-refractivity contribution is 8.26. The van der Waals surface area contributed by atoms with Crippen LogP contribution in [0.5, 0.6) is 0 Å². The van der Waals surface area contributed by atoms with Crippen LogP contribution in [0.1, 0.15) is 5.76 Å². The molecule has 1 aliphatic heterocycles. The average molecular weight is 370 g/mol. The highest BCUT2D eigenvalue weighted by Crippen LogP contribution is 2.34. The van der Waals surface area contributed by atoms with Crippen LogP contribution in [0.2, 0.25) is 10.0 Å². The molecule has 7 heteroatoms. The predicted molar refractivity (Wildman–Crippen MR) is 95.1 cm³/mol. The van der Waals surface area contributed by atoms with Crippen molar-refractivity contribution in [3.8, 4) is 11.3 Å². The number of carbonyl (C=O) groups excluding carboxylic acids is 1. The van der Waals surface area contributed by atoms with Gasteiger partial charge in [-0.1, -0.05) is 47.2 Å². The van der Waals surface area contributed by atoms with E-state index in [0.29, 0.717) is 36.4 Å². The molecule has 0 spiro atoms. The van der Waals surface area contributed by atoms with E-state index in [0.717, 1.165) is 0 Å². The number of amides is 1. The van der Waals surface area contributed by atoms with E-state index >= 15 is 0 Å². The van der Waals surface area contributed by atoms with Crippen LogP contribution in [0, 0.1) is 0 Å². The van der Waals surface area contributed by atoms with Gasteiger partial charge in [0.2, 0.25) is 0 Å². The maximum absolute atomic E-state index is 12.0. The molecule has 0 bridgehead atoms. The van der Waals surface area contributed by atoms with E-state index in [2.05, 4.69) is 0 Å². The summed E-state index contributed by atoms with van der Waals surface area (Å²) in [6, 6.07) is 8.72. The largest absolute Gasteiger partial charge is 0.457 e. The first-order valence-electron chi connectivity index (χ1n) is 6.22. The van der Waals surface area contributed by atoms with Crippen molar-refractivity contribution in [1.82, 2.24) is 4.90 Å². The Hall–Kier alpha value is -1.27. The molecule has 112 valence electrons. The Balaban J connectivity index is 1.93.